The number of hydrogen-bond donors (Lipinski definition) is 0. The summed E-state index contributed by atoms with van der Waals surface area (Å²) in [6.45, 7) is 17.6. The van der Waals surface area contributed by atoms with Crippen LogP contribution in [0.5, 0.6) is 0 Å². The molecule has 0 aliphatic carbocycles. The molecule has 7 rings (SSSR count). The van der Waals surface area contributed by atoms with E-state index in [4.69, 9.17) is 0 Å². The van der Waals surface area contributed by atoms with Crippen molar-refractivity contribution >= 4 is 81.7 Å². The first-order chi connectivity index (χ1) is 21.8. The zero-order valence-corrected chi connectivity index (χ0v) is 27.0. The number of rotatable bonds is 9. The van der Waals surface area contributed by atoms with Crippen LogP contribution in [0.4, 0.5) is 17.1 Å². The third-order valence-corrected chi connectivity index (χ3v) is 10.1. The molecule has 6 nitrogen and oxygen atoms in total. The van der Waals surface area contributed by atoms with Gasteiger partial charge in [-0.1, -0.05) is 0 Å². The average molecular weight is 598 g/mol. The van der Waals surface area contributed by atoms with Crippen molar-refractivity contribution in [2.75, 3.05) is 54.0 Å². The molecule has 0 spiro atoms. The summed E-state index contributed by atoms with van der Waals surface area (Å²) >= 11 is 0. The van der Waals surface area contributed by atoms with Gasteiger partial charge in [0.05, 0.1) is 0 Å². The van der Waals surface area contributed by atoms with Crippen LogP contribution in [0, 0.1) is 0 Å². The number of nitrogens with zero attached hydrogens (tertiary/aromatic N) is 3. The highest BCUT2D eigenvalue weighted by Crippen LogP contribution is 2.44. The van der Waals surface area contributed by atoms with Gasteiger partial charge in [-0.3, -0.25) is 14.4 Å². The van der Waals surface area contributed by atoms with E-state index in [0.29, 0.717) is 48.5 Å². The Kier molecular flexibility index (Phi) is 6.92. The lowest BCUT2D eigenvalue weighted by Gasteiger charge is -2.21. The van der Waals surface area contributed by atoms with Crippen molar-refractivity contribution in [1.29, 1.82) is 0 Å². The van der Waals surface area contributed by atoms with E-state index >= 15 is 0 Å². The van der Waals surface area contributed by atoms with Gasteiger partial charge in [-0.2, -0.15) is 0 Å². The van der Waals surface area contributed by atoms with Gasteiger partial charge in [-0.15, -0.1) is 0 Å². The van der Waals surface area contributed by atoms with Gasteiger partial charge in [0.2, 0.25) is 0 Å². The first kappa shape index (κ1) is 29.0. The number of anilines is 3. The summed E-state index contributed by atoms with van der Waals surface area (Å²) in [5.41, 5.74) is 2.69. The summed E-state index contributed by atoms with van der Waals surface area (Å²) in [4.78, 5) is 50.1. The Morgan fingerprint density at radius 2 is 0.600 bits per heavy atom. The maximum atomic E-state index is 14.5. The summed E-state index contributed by atoms with van der Waals surface area (Å²) < 4.78 is 0. The van der Waals surface area contributed by atoms with Crippen molar-refractivity contribution in [3.05, 3.63) is 85.3 Å². The molecule has 7 aromatic rings. The van der Waals surface area contributed by atoms with E-state index in [1.165, 1.54) is 0 Å². The highest BCUT2D eigenvalue weighted by molar-refractivity contribution is 6.43. The number of fused-ring (bicyclic) bond motifs is 12. The molecule has 0 heterocycles. The summed E-state index contributed by atoms with van der Waals surface area (Å²) in [5.74, 6) is 0. The second-order valence-corrected chi connectivity index (χ2v) is 11.9. The van der Waals surface area contributed by atoms with Gasteiger partial charge < -0.3 is 14.7 Å². The molecule has 0 fully saturated rings. The second-order valence-electron chi connectivity index (χ2n) is 11.9. The molecule has 0 saturated heterocycles. The Morgan fingerprint density at radius 3 is 0.822 bits per heavy atom. The second kappa shape index (κ2) is 10.7. The van der Waals surface area contributed by atoms with Gasteiger partial charge in [0.25, 0.3) is 0 Å². The molecule has 0 aliphatic rings. The minimum absolute atomic E-state index is 0.119. The molecule has 6 heteroatoms. The molecule has 0 saturated carbocycles. The van der Waals surface area contributed by atoms with E-state index in [2.05, 4.69) is 74.4 Å². The molecule has 7 aromatic carbocycles. The van der Waals surface area contributed by atoms with Gasteiger partial charge in [-0.05, 0) is 112 Å². The zero-order chi connectivity index (χ0) is 31.7. The monoisotopic (exact) mass is 597 g/mol. The van der Waals surface area contributed by atoms with Gasteiger partial charge in [0.1, 0.15) is 0 Å². The maximum Gasteiger partial charge on any atom is 0.194 e. The Balaban J connectivity index is 1.79. The topological polar surface area (TPSA) is 60.9 Å². The number of benzene rings is 4. The van der Waals surface area contributed by atoms with Crippen LogP contribution in [0.3, 0.4) is 0 Å². The van der Waals surface area contributed by atoms with E-state index in [1.807, 2.05) is 36.4 Å². The molecule has 0 aliphatic heterocycles. The van der Waals surface area contributed by atoms with Crippen molar-refractivity contribution in [1.82, 2.24) is 0 Å². The van der Waals surface area contributed by atoms with E-state index in [9.17, 15) is 14.4 Å². The Morgan fingerprint density at radius 1 is 0.356 bits per heavy atom. The first-order valence-electron chi connectivity index (χ1n) is 16.4. The van der Waals surface area contributed by atoms with Crippen molar-refractivity contribution in [2.45, 2.75) is 41.5 Å². The Hall–Kier alpha value is -4.71. The van der Waals surface area contributed by atoms with Crippen LogP contribution in [0.15, 0.2) is 69.0 Å². The van der Waals surface area contributed by atoms with Crippen LogP contribution in [-0.4, -0.2) is 39.3 Å². The molecule has 228 valence electrons. The minimum Gasteiger partial charge on any atom is -0.372 e. The van der Waals surface area contributed by atoms with Gasteiger partial charge in [0.15, 0.2) is 16.3 Å². The highest BCUT2D eigenvalue weighted by atomic mass is 16.1. The van der Waals surface area contributed by atoms with Crippen molar-refractivity contribution < 1.29 is 0 Å². The molecular formula is C39H39N3O3. The SMILES string of the molecule is CCN(CC)c1ccc2c(=O)c3c(c2c1)c1c(=O)c2ccc(N(CC)CC)cc2c1c1c(=O)c2ccc(N(CC)CC)cc2c31. The average Bonchev–Trinajstić information content (AvgIpc) is 3.63. The van der Waals surface area contributed by atoms with Crippen LogP contribution >= 0.6 is 0 Å². The standard InChI is InChI=1S/C39H39N3O3/c1-7-40(8-2)22-13-16-25-28(19-22)31-34(37(25)43)32-30-21-24(42(11-5)12-6)15-18-27(30)39(45)36(32)33-29-20-23(41(9-3)10-4)14-17-26(29)38(44)35(31)33/h13-21H,7-12H2,1-6H3. The summed E-state index contributed by atoms with van der Waals surface area (Å²) in [5, 5.41) is 7.61. The third kappa shape index (κ3) is 3.90. The minimum atomic E-state index is -0.119. The quantitative estimate of drug-likeness (QED) is 0.171. The molecule has 0 unspecified atom stereocenters. The fourth-order valence-corrected chi connectivity index (χ4v) is 7.81. The molecule has 45 heavy (non-hydrogen) atoms. The molecule has 0 atom stereocenters. The Labute approximate surface area is 262 Å². The molecule has 0 aromatic heterocycles. The fraction of sp³-hybridized carbons (Fsp3) is 0.308. The lowest BCUT2D eigenvalue weighted by Crippen LogP contribution is -2.21. The Bertz CT molecular complexity index is 2120. The fourth-order valence-electron chi connectivity index (χ4n) is 7.81. The normalized spacial score (nSPS) is 12.1. The molecule has 0 N–H and O–H groups in total. The summed E-state index contributed by atoms with van der Waals surface area (Å²) in [6, 6.07) is 17.9. The van der Waals surface area contributed by atoms with Crippen LogP contribution in [0.2, 0.25) is 0 Å². The predicted octanol–water partition coefficient (Wildman–Crippen LogP) is 7.54. The zero-order valence-electron chi connectivity index (χ0n) is 27.0. The maximum absolute atomic E-state index is 14.5. The largest absolute Gasteiger partial charge is 0.372 e. The van der Waals surface area contributed by atoms with Gasteiger partial charge in [0, 0.05) is 105 Å². The van der Waals surface area contributed by atoms with Crippen molar-refractivity contribution in [2.24, 2.45) is 0 Å². The van der Waals surface area contributed by atoms with E-state index < -0.39 is 0 Å². The first-order valence-corrected chi connectivity index (χ1v) is 16.4. The lowest BCUT2D eigenvalue weighted by atomic mass is 9.99. The van der Waals surface area contributed by atoms with Crippen molar-refractivity contribution in [3.63, 3.8) is 0 Å². The van der Waals surface area contributed by atoms with E-state index in [1.54, 1.807) is 0 Å². The van der Waals surface area contributed by atoms with Crippen LogP contribution in [0.1, 0.15) is 41.5 Å². The van der Waals surface area contributed by atoms with E-state index in [-0.39, 0.29) is 16.3 Å². The lowest BCUT2D eigenvalue weighted by molar-refractivity contribution is 0.867. The molecule has 0 radical (unpaired) electrons. The molecule has 0 bridgehead atoms. The molecular weight excluding hydrogens is 558 g/mol. The van der Waals surface area contributed by atoms with Crippen molar-refractivity contribution in [3.8, 4) is 0 Å². The smallest absolute Gasteiger partial charge is 0.194 e. The predicted molar refractivity (Wildman–Crippen MR) is 195 cm³/mol. The van der Waals surface area contributed by atoms with E-state index in [0.717, 1.165) is 72.5 Å². The molecule has 0 amide bonds. The summed E-state index contributed by atoms with van der Waals surface area (Å²) in [7, 11) is 0. The van der Waals surface area contributed by atoms with Gasteiger partial charge >= 0.3 is 0 Å². The highest BCUT2D eigenvalue weighted by Gasteiger charge is 2.28. The third-order valence-electron chi connectivity index (χ3n) is 10.1. The number of hydrogen-bond acceptors (Lipinski definition) is 6. The summed E-state index contributed by atoms with van der Waals surface area (Å²) in [6.07, 6.45) is 0. The van der Waals surface area contributed by atoms with Gasteiger partial charge in [-0.25, -0.2) is 0 Å². The van der Waals surface area contributed by atoms with Crippen LogP contribution < -0.4 is 31.0 Å². The van der Waals surface area contributed by atoms with Crippen LogP contribution in [0.25, 0.3) is 64.6 Å². The van der Waals surface area contributed by atoms with Crippen LogP contribution in [-0.2, 0) is 0 Å².